The molecule has 0 saturated heterocycles. The predicted molar refractivity (Wildman–Crippen MR) is 174 cm³/mol. The molecule has 0 spiro atoms. The van der Waals surface area contributed by atoms with Crippen LogP contribution in [-0.2, 0) is 5.41 Å². The molecule has 3 heterocycles. The SMILES string of the molecule is CC1(C)c2ccc3[nH]c4ccccc4c3c2OC2C=Cc3c(c4ccccc4n3-c3ccc(-c4ccccc4)cc3)C21. The van der Waals surface area contributed by atoms with Crippen molar-refractivity contribution in [1.29, 1.82) is 0 Å². The van der Waals surface area contributed by atoms with Gasteiger partial charge in [0.15, 0.2) is 0 Å². The van der Waals surface area contributed by atoms with Gasteiger partial charge in [-0.1, -0.05) is 98.8 Å². The van der Waals surface area contributed by atoms with Gasteiger partial charge in [-0.25, -0.2) is 0 Å². The van der Waals surface area contributed by atoms with Crippen molar-refractivity contribution in [3.05, 3.63) is 138 Å². The Morgan fingerprint density at radius 3 is 2.24 bits per heavy atom. The summed E-state index contributed by atoms with van der Waals surface area (Å²) in [4.78, 5) is 3.60. The van der Waals surface area contributed by atoms with Crippen molar-refractivity contribution in [2.24, 2.45) is 0 Å². The van der Waals surface area contributed by atoms with Crippen LogP contribution in [0.4, 0.5) is 0 Å². The number of hydrogen-bond acceptors (Lipinski definition) is 1. The summed E-state index contributed by atoms with van der Waals surface area (Å²) in [5, 5.41) is 3.71. The van der Waals surface area contributed by atoms with Crippen LogP contribution in [0.25, 0.3) is 55.6 Å². The Kier molecular flexibility index (Phi) is 4.79. The van der Waals surface area contributed by atoms with E-state index in [-0.39, 0.29) is 17.4 Å². The van der Waals surface area contributed by atoms with Crippen LogP contribution in [0.1, 0.15) is 36.6 Å². The summed E-state index contributed by atoms with van der Waals surface area (Å²) < 4.78 is 9.45. The summed E-state index contributed by atoms with van der Waals surface area (Å²) in [7, 11) is 0. The zero-order valence-corrected chi connectivity index (χ0v) is 23.6. The maximum Gasteiger partial charge on any atom is 0.134 e. The molecule has 42 heavy (non-hydrogen) atoms. The van der Waals surface area contributed by atoms with Crippen LogP contribution >= 0.6 is 0 Å². The molecule has 0 radical (unpaired) electrons. The first-order valence-electron chi connectivity index (χ1n) is 14.8. The van der Waals surface area contributed by atoms with Gasteiger partial charge in [0.25, 0.3) is 0 Å². The third-order valence-corrected chi connectivity index (χ3v) is 9.62. The average Bonchev–Trinajstić information content (AvgIpc) is 3.57. The number of benzene rings is 5. The summed E-state index contributed by atoms with van der Waals surface area (Å²) >= 11 is 0. The summed E-state index contributed by atoms with van der Waals surface area (Å²) in [5.74, 6) is 1.19. The molecule has 2 unspecified atom stereocenters. The highest BCUT2D eigenvalue weighted by atomic mass is 16.5. The van der Waals surface area contributed by atoms with Crippen molar-refractivity contribution in [2.45, 2.75) is 31.3 Å². The fraction of sp³-hybridized carbons (Fsp3) is 0.128. The van der Waals surface area contributed by atoms with E-state index in [4.69, 9.17) is 4.74 Å². The van der Waals surface area contributed by atoms with E-state index in [0.717, 1.165) is 16.8 Å². The molecule has 202 valence electrons. The Morgan fingerprint density at radius 2 is 1.40 bits per heavy atom. The van der Waals surface area contributed by atoms with E-state index in [1.807, 2.05) is 0 Å². The maximum atomic E-state index is 7.02. The first kappa shape index (κ1) is 23.7. The van der Waals surface area contributed by atoms with Gasteiger partial charge < -0.3 is 14.3 Å². The monoisotopic (exact) mass is 542 g/mol. The Morgan fingerprint density at radius 1 is 0.690 bits per heavy atom. The van der Waals surface area contributed by atoms with Crippen LogP contribution in [0.3, 0.4) is 0 Å². The first-order chi connectivity index (χ1) is 20.6. The van der Waals surface area contributed by atoms with E-state index in [2.05, 4.69) is 151 Å². The molecule has 1 aliphatic carbocycles. The molecule has 3 nitrogen and oxygen atoms in total. The van der Waals surface area contributed by atoms with Gasteiger partial charge in [0, 0.05) is 44.3 Å². The average molecular weight is 543 g/mol. The normalized spacial score (nSPS) is 18.5. The van der Waals surface area contributed by atoms with Crippen LogP contribution < -0.4 is 4.74 Å². The lowest BCUT2D eigenvalue weighted by atomic mass is 9.64. The van der Waals surface area contributed by atoms with E-state index in [9.17, 15) is 0 Å². The number of para-hydroxylation sites is 2. The minimum atomic E-state index is -0.156. The molecule has 0 fully saturated rings. The quantitative estimate of drug-likeness (QED) is 0.231. The lowest BCUT2D eigenvalue weighted by Crippen LogP contribution is -2.43. The van der Waals surface area contributed by atoms with E-state index in [1.54, 1.807) is 0 Å². The molecule has 0 amide bonds. The third-order valence-electron chi connectivity index (χ3n) is 9.62. The molecule has 7 aromatic rings. The number of fused-ring (bicyclic) bond motifs is 10. The van der Waals surface area contributed by atoms with E-state index in [0.29, 0.717) is 0 Å². The van der Waals surface area contributed by atoms with Gasteiger partial charge in [0.1, 0.15) is 11.9 Å². The lowest BCUT2D eigenvalue weighted by molar-refractivity contribution is 0.143. The minimum Gasteiger partial charge on any atom is -0.485 e. The standard InChI is InChI=1S/C39H30N2O/c1-39(2)29-20-21-31-35(27-12-6-8-14-30(27)40-31)38(29)42-34-23-22-33-36(37(34)39)28-13-7-9-15-32(28)41(33)26-18-16-25(17-19-26)24-10-4-3-5-11-24/h3-23,34,37,40H,1-2H3. The fourth-order valence-corrected chi connectivity index (χ4v) is 7.67. The van der Waals surface area contributed by atoms with Crippen molar-refractivity contribution < 1.29 is 4.74 Å². The predicted octanol–water partition coefficient (Wildman–Crippen LogP) is 9.78. The highest BCUT2D eigenvalue weighted by Gasteiger charge is 2.48. The molecule has 2 aromatic heterocycles. The van der Waals surface area contributed by atoms with Gasteiger partial charge in [-0.15, -0.1) is 0 Å². The summed E-state index contributed by atoms with van der Waals surface area (Å²) in [6.07, 6.45) is 4.52. The molecule has 3 heteroatoms. The number of nitrogens with zero attached hydrogens (tertiary/aromatic N) is 1. The second kappa shape index (κ2) is 8.50. The van der Waals surface area contributed by atoms with Gasteiger partial charge in [0.05, 0.1) is 16.7 Å². The van der Waals surface area contributed by atoms with E-state index in [1.165, 1.54) is 55.3 Å². The van der Waals surface area contributed by atoms with Crippen molar-refractivity contribution in [3.8, 4) is 22.6 Å². The van der Waals surface area contributed by atoms with E-state index < -0.39 is 0 Å². The van der Waals surface area contributed by atoms with Gasteiger partial charge in [-0.3, -0.25) is 0 Å². The zero-order valence-electron chi connectivity index (χ0n) is 23.6. The zero-order chi connectivity index (χ0) is 28.0. The highest BCUT2D eigenvalue weighted by Crippen LogP contribution is 2.56. The lowest BCUT2D eigenvalue weighted by Gasteiger charge is -2.46. The summed E-state index contributed by atoms with van der Waals surface area (Å²) in [6, 6.07) is 41.4. The Labute approximate surface area is 244 Å². The van der Waals surface area contributed by atoms with Gasteiger partial charge in [-0.2, -0.15) is 0 Å². The van der Waals surface area contributed by atoms with Gasteiger partial charge in [-0.05, 0) is 59.2 Å². The van der Waals surface area contributed by atoms with Crippen LogP contribution in [0, 0.1) is 0 Å². The number of ether oxygens (including phenoxy) is 1. The molecular formula is C39H30N2O. The molecule has 9 rings (SSSR count). The van der Waals surface area contributed by atoms with E-state index >= 15 is 0 Å². The topological polar surface area (TPSA) is 29.9 Å². The second-order valence-electron chi connectivity index (χ2n) is 12.2. The molecule has 2 aliphatic rings. The molecule has 1 aliphatic heterocycles. The highest BCUT2D eigenvalue weighted by molar-refractivity contribution is 6.11. The Bertz CT molecular complexity index is 2200. The second-order valence-corrected chi connectivity index (χ2v) is 12.2. The van der Waals surface area contributed by atoms with Gasteiger partial charge >= 0.3 is 0 Å². The van der Waals surface area contributed by atoms with Gasteiger partial charge in [0.2, 0.25) is 0 Å². The van der Waals surface area contributed by atoms with Crippen molar-refractivity contribution in [3.63, 3.8) is 0 Å². The number of hydrogen-bond donors (Lipinski definition) is 1. The Balaban J connectivity index is 1.24. The van der Waals surface area contributed by atoms with Crippen LogP contribution in [0.2, 0.25) is 0 Å². The molecule has 5 aromatic carbocycles. The Hall–Kier alpha value is -5.02. The van der Waals surface area contributed by atoms with Crippen molar-refractivity contribution in [2.75, 3.05) is 0 Å². The molecule has 2 atom stereocenters. The summed E-state index contributed by atoms with van der Waals surface area (Å²) in [6.45, 7) is 4.80. The number of aromatic nitrogens is 2. The number of rotatable bonds is 2. The maximum absolute atomic E-state index is 7.02. The van der Waals surface area contributed by atoms with Crippen molar-refractivity contribution >= 4 is 38.8 Å². The summed E-state index contributed by atoms with van der Waals surface area (Å²) in [5.41, 5.74) is 10.9. The molecule has 1 N–H and O–H groups in total. The molecular weight excluding hydrogens is 512 g/mol. The number of H-pyrrole nitrogens is 1. The van der Waals surface area contributed by atoms with Crippen LogP contribution in [0.15, 0.2) is 121 Å². The van der Waals surface area contributed by atoms with Crippen LogP contribution in [0.5, 0.6) is 5.75 Å². The minimum absolute atomic E-state index is 0.0565. The first-order valence-corrected chi connectivity index (χ1v) is 14.8. The largest absolute Gasteiger partial charge is 0.485 e. The molecule has 0 saturated carbocycles. The third kappa shape index (κ3) is 3.16. The number of nitrogens with one attached hydrogen (secondary N) is 1. The molecule has 0 bridgehead atoms. The fourth-order valence-electron chi connectivity index (χ4n) is 7.67. The van der Waals surface area contributed by atoms with Crippen molar-refractivity contribution in [1.82, 2.24) is 9.55 Å². The smallest absolute Gasteiger partial charge is 0.134 e. The number of aromatic amines is 1. The van der Waals surface area contributed by atoms with Crippen LogP contribution in [-0.4, -0.2) is 15.7 Å².